The van der Waals surface area contributed by atoms with Crippen LogP contribution >= 0.6 is 11.6 Å². The van der Waals surface area contributed by atoms with Gasteiger partial charge in [0.05, 0.1) is 16.2 Å². The Hall–Kier alpha value is -3.32. The lowest BCUT2D eigenvalue weighted by molar-refractivity contribution is 0.0507. The van der Waals surface area contributed by atoms with Crippen molar-refractivity contribution in [2.24, 2.45) is 0 Å². The molecular weight excluding hydrogens is 416 g/mol. The van der Waals surface area contributed by atoms with Crippen LogP contribution in [-0.2, 0) is 0 Å². The molecule has 0 spiro atoms. The molecule has 2 heterocycles. The van der Waals surface area contributed by atoms with Gasteiger partial charge in [0.2, 0.25) is 0 Å². The van der Waals surface area contributed by atoms with Crippen molar-refractivity contribution in [3.63, 3.8) is 0 Å². The minimum absolute atomic E-state index is 0.140. The first-order valence-corrected chi connectivity index (χ1v) is 10.4. The Morgan fingerprint density at radius 1 is 1.16 bits per heavy atom. The minimum atomic E-state index is -0.959. The molecule has 1 saturated heterocycles. The summed E-state index contributed by atoms with van der Waals surface area (Å²) in [5.74, 6) is -0.140. The number of benzene rings is 2. The van der Waals surface area contributed by atoms with E-state index in [4.69, 9.17) is 16.6 Å². The summed E-state index contributed by atoms with van der Waals surface area (Å²) in [6, 6.07) is 14.7. The van der Waals surface area contributed by atoms with Crippen molar-refractivity contribution in [1.82, 2.24) is 14.8 Å². The van der Waals surface area contributed by atoms with Gasteiger partial charge in [0.1, 0.15) is 0 Å². The first kappa shape index (κ1) is 20.9. The van der Waals surface area contributed by atoms with Crippen molar-refractivity contribution >= 4 is 40.2 Å². The Kier molecular flexibility index (Phi) is 5.69. The molecule has 0 radical (unpaired) electrons. The topological polar surface area (TPSA) is 85.8 Å². The van der Waals surface area contributed by atoms with E-state index in [1.54, 1.807) is 24.0 Å². The van der Waals surface area contributed by atoms with Gasteiger partial charge in [-0.1, -0.05) is 29.8 Å². The van der Waals surface area contributed by atoms with Gasteiger partial charge in [-0.3, -0.25) is 4.79 Å². The maximum atomic E-state index is 13.1. The van der Waals surface area contributed by atoms with Crippen molar-refractivity contribution < 1.29 is 14.7 Å². The van der Waals surface area contributed by atoms with Crippen LogP contribution in [0.3, 0.4) is 0 Å². The predicted octanol–water partition coefficient (Wildman–Crippen LogP) is 4.42. The number of anilines is 1. The molecule has 4 rings (SSSR count). The van der Waals surface area contributed by atoms with E-state index in [-0.39, 0.29) is 11.9 Å². The summed E-state index contributed by atoms with van der Waals surface area (Å²) < 4.78 is 0. The van der Waals surface area contributed by atoms with E-state index in [9.17, 15) is 14.7 Å². The van der Waals surface area contributed by atoms with Gasteiger partial charge in [-0.25, -0.2) is 9.78 Å². The summed E-state index contributed by atoms with van der Waals surface area (Å²) in [6.07, 6.45) is -0.959. The quantitative estimate of drug-likeness (QED) is 0.632. The second-order valence-corrected chi connectivity index (χ2v) is 8.04. The summed E-state index contributed by atoms with van der Waals surface area (Å²) in [5.41, 5.74) is 3.76. The standard InChI is InChI=1S/C23H23ClN4O3/c1-14-13-27(8-9-28(14)23(30)31)22(29)16-6-7-18-19(24)12-20(26-21(18)11-16)15-4-3-5-17(10-15)25-2/h3-7,10-12,14,25H,8-9,13H2,1-2H3,(H,30,31)/t14-/m1/s1. The molecule has 0 unspecified atom stereocenters. The third-order valence-electron chi connectivity index (χ3n) is 5.61. The zero-order valence-electron chi connectivity index (χ0n) is 17.3. The molecule has 0 aliphatic carbocycles. The molecule has 1 fully saturated rings. The molecule has 7 nitrogen and oxygen atoms in total. The Bertz CT molecular complexity index is 1170. The zero-order chi connectivity index (χ0) is 22.1. The van der Waals surface area contributed by atoms with E-state index in [0.29, 0.717) is 35.7 Å². The molecule has 1 aromatic heterocycles. The highest BCUT2D eigenvalue weighted by Crippen LogP contribution is 2.30. The van der Waals surface area contributed by atoms with Gasteiger partial charge in [-0.15, -0.1) is 0 Å². The number of aromatic nitrogens is 1. The van der Waals surface area contributed by atoms with Crippen LogP contribution in [-0.4, -0.2) is 64.6 Å². The molecule has 1 aliphatic heterocycles. The highest BCUT2D eigenvalue weighted by molar-refractivity contribution is 6.35. The fraction of sp³-hybridized carbons (Fsp3) is 0.261. The van der Waals surface area contributed by atoms with Gasteiger partial charge in [-0.05, 0) is 37.3 Å². The highest BCUT2D eigenvalue weighted by atomic mass is 35.5. The number of pyridine rings is 1. The van der Waals surface area contributed by atoms with E-state index in [1.165, 1.54) is 4.90 Å². The lowest BCUT2D eigenvalue weighted by Gasteiger charge is -2.38. The van der Waals surface area contributed by atoms with Crippen LogP contribution in [0.2, 0.25) is 5.02 Å². The first-order valence-electron chi connectivity index (χ1n) is 10.0. The van der Waals surface area contributed by atoms with Crippen molar-refractivity contribution in [2.45, 2.75) is 13.0 Å². The van der Waals surface area contributed by atoms with Crippen LogP contribution < -0.4 is 5.32 Å². The molecule has 2 amide bonds. The third kappa shape index (κ3) is 4.14. The molecule has 2 N–H and O–H groups in total. The number of hydrogen-bond acceptors (Lipinski definition) is 4. The monoisotopic (exact) mass is 438 g/mol. The van der Waals surface area contributed by atoms with Gasteiger partial charge in [0, 0.05) is 54.9 Å². The second-order valence-electron chi connectivity index (χ2n) is 7.63. The fourth-order valence-corrected chi connectivity index (χ4v) is 4.17. The Morgan fingerprint density at radius 2 is 1.97 bits per heavy atom. The average Bonchev–Trinajstić information content (AvgIpc) is 2.77. The van der Waals surface area contributed by atoms with Gasteiger partial charge in [0.25, 0.3) is 5.91 Å². The van der Waals surface area contributed by atoms with Gasteiger partial charge < -0.3 is 20.2 Å². The molecule has 0 saturated carbocycles. The number of carbonyl (C=O) groups excluding carboxylic acids is 1. The molecule has 0 bridgehead atoms. The second kappa shape index (κ2) is 8.43. The Morgan fingerprint density at radius 3 is 2.68 bits per heavy atom. The minimum Gasteiger partial charge on any atom is -0.465 e. The third-order valence-corrected chi connectivity index (χ3v) is 5.93. The lowest BCUT2D eigenvalue weighted by atomic mass is 10.1. The van der Waals surface area contributed by atoms with Crippen LogP contribution in [0.4, 0.5) is 10.5 Å². The van der Waals surface area contributed by atoms with Crippen molar-refractivity contribution in [3.8, 4) is 11.3 Å². The van der Waals surface area contributed by atoms with Crippen LogP contribution in [0.1, 0.15) is 17.3 Å². The number of halogens is 1. The van der Waals surface area contributed by atoms with E-state index in [2.05, 4.69) is 5.32 Å². The molecule has 31 heavy (non-hydrogen) atoms. The van der Waals surface area contributed by atoms with E-state index >= 15 is 0 Å². The molecule has 1 aliphatic rings. The van der Waals surface area contributed by atoms with Crippen molar-refractivity contribution in [1.29, 1.82) is 0 Å². The van der Waals surface area contributed by atoms with Crippen molar-refractivity contribution in [3.05, 3.63) is 59.1 Å². The van der Waals surface area contributed by atoms with E-state index in [0.717, 1.165) is 22.3 Å². The normalized spacial score (nSPS) is 16.4. The lowest BCUT2D eigenvalue weighted by Crippen LogP contribution is -2.55. The van der Waals surface area contributed by atoms with Gasteiger partial charge in [-0.2, -0.15) is 0 Å². The number of amides is 2. The van der Waals surface area contributed by atoms with E-state index in [1.807, 2.05) is 43.4 Å². The molecule has 3 aromatic rings. The van der Waals surface area contributed by atoms with Gasteiger partial charge in [0.15, 0.2) is 0 Å². The number of piperazine rings is 1. The SMILES string of the molecule is CNc1cccc(-c2cc(Cl)c3ccc(C(=O)N4CCN(C(=O)O)[C@H](C)C4)cc3n2)c1. The summed E-state index contributed by atoms with van der Waals surface area (Å²) in [5, 5.41) is 13.7. The maximum Gasteiger partial charge on any atom is 0.407 e. The fourth-order valence-electron chi connectivity index (χ4n) is 3.91. The number of nitrogens with zero attached hydrogens (tertiary/aromatic N) is 3. The van der Waals surface area contributed by atoms with Crippen LogP contribution in [0.5, 0.6) is 0 Å². The number of carboxylic acid groups (broad SMARTS) is 1. The molecular formula is C23H23ClN4O3. The largest absolute Gasteiger partial charge is 0.465 e. The van der Waals surface area contributed by atoms with Crippen LogP contribution in [0.25, 0.3) is 22.2 Å². The van der Waals surface area contributed by atoms with Crippen LogP contribution in [0, 0.1) is 0 Å². The summed E-state index contributed by atoms with van der Waals surface area (Å²) in [7, 11) is 1.86. The zero-order valence-corrected chi connectivity index (χ0v) is 18.1. The highest BCUT2D eigenvalue weighted by Gasteiger charge is 2.30. The maximum absolute atomic E-state index is 13.1. The smallest absolute Gasteiger partial charge is 0.407 e. The van der Waals surface area contributed by atoms with E-state index < -0.39 is 6.09 Å². The van der Waals surface area contributed by atoms with Gasteiger partial charge >= 0.3 is 6.09 Å². The summed E-state index contributed by atoms with van der Waals surface area (Å²) in [4.78, 5) is 32.2. The predicted molar refractivity (Wildman–Crippen MR) is 122 cm³/mol. The first-order chi connectivity index (χ1) is 14.9. The Balaban J connectivity index is 1.65. The number of fused-ring (bicyclic) bond motifs is 1. The Labute approximate surface area is 185 Å². The average molecular weight is 439 g/mol. The van der Waals surface area contributed by atoms with Crippen LogP contribution in [0.15, 0.2) is 48.5 Å². The molecule has 1 atom stereocenters. The summed E-state index contributed by atoms with van der Waals surface area (Å²) >= 11 is 6.52. The number of rotatable bonds is 3. The number of nitrogens with one attached hydrogen (secondary N) is 1. The number of carbonyl (C=O) groups is 2. The molecule has 8 heteroatoms. The van der Waals surface area contributed by atoms with Crippen molar-refractivity contribution in [2.75, 3.05) is 32.0 Å². The molecule has 2 aromatic carbocycles. The summed E-state index contributed by atoms with van der Waals surface area (Å²) in [6.45, 7) is 2.82. The number of hydrogen-bond donors (Lipinski definition) is 2. The molecule has 160 valence electrons.